The molecule has 172 valence electrons. The summed E-state index contributed by atoms with van der Waals surface area (Å²) in [7, 11) is 0. The van der Waals surface area contributed by atoms with Crippen molar-refractivity contribution in [1.29, 1.82) is 0 Å². The van der Waals surface area contributed by atoms with Gasteiger partial charge in [0.1, 0.15) is 0 Å². The molecule has 0 aliphatic heterocycles. The Balaban J connectivity index is 1.61. The van der Waals surface area contributed by atoms with Gasteiger partial charge < -0.3 is 9.55 Å². The van der Waals surface area contributed by atoms with Crippen molar-refractivity contribution >= 4 is 85.9 Å². The van der Waals surface area contributed by atoms with E-state index in [4.69, 9.17) is 0 Å². The summed E-state index contributed by atoms with van der Waals surface area (Å²) in [6.07, 6.45) is 0. The zero-order valence-electron chi connectivity index (χ0n) is 19.8. The molecule has 3 heterocycles. The lowest BCUT2D eigenvalue weighted by Gasteiger charge is -2.12. The van der Waals surface area contributed by atoms with Crippen LogP contribution in [-0.4, -0.2) is 9.55 Å². The van der Waals surface area contributed by atoms with Crippen LogP contribution in [0.3, 0.4) is 0 Å². The van der Waals surface area contributed by atoms with E-state index in [2.05, 4.69) is 125 Å². The molecule has 0 unspecified atom stereocenters. The number of benzene rings is 6. The van der Waals surface area contributed by atoms with E-state index in [0.29, 0.717) is 0 Å². The van der Waals surface area contributed by atoms with Crippen LogP contribution in [0.5, 0.6) is 0 Å². The highest BCUT2D eigenvalue weighted by atomic mass is 32.1. The monoisotopic (exact) mass is 488 g/mol. The van der Waals surface area contributed by atoms with Crippen molar-refractivity contribution in [3.63, 3.8) is 0 Å². The van der Waals surface area contributed by atoms with Gasteiger partial charge in [-0.15, -0.1) is 11.3 Å². The van der Waals surface area contributed by atoms with Crippen molar-refractivity contribution < 1.29 is 0 Å². The van der Waals surface area contributed by atoms with Crippen LogP contribution >= 0.6 is 11.3 Å². The molecule has 0 spiro atoms. The first-order chi connectivity index (χ1) is 18.4. The van der Waals surface area contributed by atoms with Crippen LogP contribution in [-0.2, 0) is 0 Å². The molecule has 9 rings (SSSR count). The summed E-state index contributed by atoms with van der Waals surface area (Å²) in [5.41, 5.74) is 6.16. The van der Waals surface area contributed by atoms with Crippen LogP contribution in [0.1, 0.15) is 0 Å². The van der Waals surface area contributed by atoms with Crippen molar-refractivity contribution in [2.75, 3.05) is 0 Å². The minimum atomic E-state index is 1.18. The number of hydrogen-bond donors (Lipinski definition) is 1. The molecule has 37 heavy (non-hydrogen) atoms. The average molecular weight is 489 g/mol. The summed E-state index contributed by atoms with van der Waals surface area (Å²) in [5, 5.41) is 10.4. The number of nitrogens with one attached hydrogen (secondary N) is 1. The van der Waals surface area contributed by atoms with E-state index in [1.54, 1.807) is 0 Å². The quantitative estimate of drug-likeness (QED) is 0.237. The smallest absolute Gasteiger partial charge is 0.0641 e. The number of para-hydroxylation sites is 2. The molecule has 2 nitrogen and oxygen atoms in total. The normalized spacial score (nSPS) is 12.3. The van der Waals surface area contributed by atoms with Crippen molar-refractivity contribution in [2.24, 2.45) is 0 Å². The van der Waals surface area contributed by atoms with Gasteiger partial charge in [0.05, 0.1) is 26.9 Å². The number of nitrogens with zero attached hydrogens (tertiary/aromatic N) is 1. The van der Waals surface area contributed by atoms with E-state index in [9.17, 15) is 0 Å². The Morgan fingerprint density at radius 2 is 1.19 bits per heavy atom. The molecule has 3 aromatic heterocycles. The third-order valence-electron chi connectivity index (χ3n) is 7.91. The fourth-order valence-electron chi connectivity index (χ4n) is 6.42. The minimum Gasteiger partial charge on any atom is -0.354 e. The van der Waals surface area contributed by atoms with Crippen molar-refractivity contribution in [2.45, 2.75) is 0 Å². The fraction of sp³-hybridized carbons (Fsp3) is 0. The summed E-state index contributed by atoms with van der Waals surface area (Å²) in [6.45, 7) is 0. The highest BCUT2D eigenvalue weighted by molar-refractivity contribution is 7.26. The number of rotatable bonds is 1. The third-order valence-corrected chi connectivity index (χ3v) is 9.12. The lowest BCUT2D eigenvalue weighted by Crippen LogP contribution is -1.95. The summed E-state index contributed by atoms with van der Waals surface area (Å²) in [6, 6.07) is 42.0. The van der Waals surface area contributed by atoms with Gasteiger partial charge in [0.2, 0.25) is 0 Å². The first kappa shape index (κ1) is 19.6. The molecule has 6 aromatic carbocycles. The van der Waals surface area contributed by atoms with Crippen LogP contribution in [0.25, 0.3) is 80.2 Å². The zero-order valence-corrected chi connectivity index (χ0v) is 20.6. The molecule has 0 atom stereocenters. The van der Waals surface area contributed by atoms with E-state index >= 15 is 0 Å². The summed E-state index contributed by atoms with van der Waals surface area (Å²) >= 11 is 1.89. The van der Waals surface area contributed by atoms with Crippen molar-refractivity contribution in [3.8, 4) is 5.69 Å². The SMILES string of the molecule is c1ccc2c(c1)[nH]c1c3ccccc3c3c(c4ccccc4n3-c3cccc4c3sc3ccccc34)c21. The van der Waals surface area contributed by atoms with E-state index in [1.165, 1.54) is 80.2 Å². The molecular weight excluding hydrogens is 468 g/mol. The molecule has 0 radical (unpaired) electrons. The Morgan fingerprint density at radius 3 is 2.08 bits per heavy atom. The molecule has 1 N–H and O–H groups in total. The predicted octanol–water partition coefficient (Wildman–Crippen LogP) is 9.94. The summed E-state index contributed by atoms with van der Waals surface area (Å²) < 4.78 is 5.18. The number of hydrogen-bond acceptors (Lipinski definition) is 1. The third kappa shape index (κ3) is 2.44. The summed E-state index contributed by atoms with van der Waals surface area (Å²) in [5.74, 6) is 0. The molecule has 0 saturated heterocycles. The molecule has 0 fully saturated rings. The standard InChI is InChI=1S/C34H20N2S/c1-2-12-22-21(11-1)32-30(24-13-3-6-16-26(24)35-32)31-25-14-4-7-17-27(25)36(33(22)31)28-18-9-15-23-20-10-5-8-19-29(20)37-34(23)28/h1-19,35H. The van der Waals surface area contributed by atoms with Crippen LogP contribution in [0.4, 0.5) is 0 Å². The molecule has 0 aliphatic rings. The molecule has 0 amide bonds. The highest BCUT2D eigenvalue weighted by Crippen LogP contribution is 2.46. The zero-order chi connectivity index (χ0) is 24.1. The van der Waals surface area contributed by atoms with Gasteiger partial charge in [0.25, 0.3) is 0 Å². The van der Waals surface area contributed by atoms with Crippen molar-refractivity contribution in [1.82, 2.24) is 9.55 Å². The van der Waals surface area contributed by atoms with Crippen LogP contribution in [0, 0.1) is 0 Å². The molecule has 0 aliphatic carbocycles. The van der Waals surface area contributed by atoms with E-state index in [1.807, 2.05) is 11.3 Å². The first-order valence-corrected chi connectivity index (χ1v) is 13.4. The van der Waals surface area contributed by atoms with E-state index in [-0.39, 0.29) is 0 Å². The first-order valence-electron chi connectivity index (χ1n) is 12.6. The number of aromatic nitrogens is 2. The Bertz CT molecular complexity index is 2360. The summed E-state index contributed by atoms with van der Waals surface area (Å²) in [4.78, 5) is 3.77. The second kappa shape index (κ2) is 7.00. The van der Waals surface area contributed by atoms with Gasteiger partial charge in [0, 0.05) is 53.3 Å². The minimum absolute atomic E-state index is 1.18. The predicted molar refractivity (Wildman–Crippen MR) is 161 cm³/mol. The van der Waals surface area contributed by atoms with Gasteiger partial charge in [0.15, 0.2) is 0 Å². The maximum atomic E-state index is 3.77. The Labute approximate surface area is 216 Å². The lowest BCUT2D eigenvalue weighted by molar-refractivity contribution is 1.21. The second-order valence-electron chi connectivity index (χ2n) is 9.79. The highest BCUT2D eigenvalue weighted by Gasteiger charge is 2.22. The number of aromatic amines is 1. The maximum absolute atomic E-state index is 3.77. The second-order valence-corrected chi connectivity index (χ2v) is 10.8. The average Bonchev–Trinajstić information content (AvgIpc) is 3.63. The number of thiophene rings is 1. The van der Waals surface area contributed by atoms with Gasteiger partial charge in [-0.2, -0.15) is 0 Å². The molecule has 9 aromatic rings. The van der Waals surface area contributed by atoms with E-state index < -0.39 is 0 Å². The van der Waals surface area contributed by atoms with Gasteiger partial charge in [-0.1, -0.05) is 91.0 Å². The van der Waals surface area contributed by atoms with Gasteiger partial charge in [-0.05, 0) is 24.3 Å². The fourth-order valence-corrected chi connectivity index (χ4v) is 7.62. The van der Waals surface area contributed by atoms with Crippen LogP contribution < -0.4 is 0 Å². The molecule has 0 bridgehead atoms. The van der Waals surface area contributed by atoms with Gasteiger partial charge >= 0.3 is 0 Å². The lowest BCUT2D eigenvalue weighted by atomic mass is 9.99. The van der Waals surface area contributed by atoms with Gasteiger partial charge in [-0.3, -0.25) is 0 Å². The Morgan fingerprint density at radius 1 is 0.514 bits per heavy atom. The molecule has 0 saturated carbocycles. The van der Waals surface area contributed by atoms with Crippen LogP contribution in [0.2, 0.25) is 0 Å². The van der Waals surface area contributed by atoms with Gasteiger partial charge in [-0.25, -0.2) is 0 Å². The number of fused-ring (bicyclic) bond motifs is 13. The molecular formula is C34H20N2S. The van der Waals surface area contributed by atoms with Crippen molar-refractivity contribution in [3.05, 3.63) is 115 Å². The number of H-pyrrole nitrogens is 1. The molecule has 3 heteroatoms. The maximum Gasteiger partial charge on any atom is 0.0641 e. The topological polar surface area (TPSA) is 20.7 Å². The Kier molecular flexibility index (Phi) is 3.70. The largest absolute Gasteiger partial charge is 0.354 e. The Hall–Kier alpha value is -4.60. The van der Waals surface area contributed by atoms with E-state index in [0.717, 1.165) is 0 Å². The van der Waals surface area contributed by atoms with Crippen LogP contribution in [0.15, 0.2) is 115 Å².